The second-order valence-corrected chi connectivity index (χ2v) is 2.12. The van der Waals surface area contributed by atoms with E-state index in [1.807, 2.05) is 0 Å². The zero-order valence-electron chi connectivity index (χ0n) is 6.50. The average molecular weight is 165 g/mol. The standard InChI is InChI=1S/C7H8BNO3/c8-3-1-5(10)7(12)6(11)2-4-9/h4,9H,1-3H2. The first-order chi connectivity index (χ1) is 5.63. The lowest BCUT2D eigenvalue weighted by Gasteiger charge is -1.93. The molecule has 4 nitrogen and oxygen atoms in total. The molecule has 0 atom stereocenters. The fourth-order valence-electron chi connectivity index (χ4n) is 0.586. The molecule has 0 aromatic rings. The van der Waals surface area contributed by atoms with Crippen LogP contribution in [0.2, 0.25) is 6.32 Å². The number of nitrogens with one attached hydrogen (secondary N) is 1. The summed E-state index contributed by atoms with van der Waals surface area (Å²) in [6.07, 6.45) is 0.427. The van der Waals surface area contributed by atoms with Crippen LogP contribution in [0.5, 0.6) is 0 Å². The summed E-state index contributed by atoms with van der Waals surface area (Å²) in [4.78, 5) is 32.2. The Labute approximate surface area is 71.3 Å². The van der Waals surface area contributed by atoms with Crippen molar-refractivity contribution >= 4 is 31.4 Å². The topological polar surface area (TPSA) is 75.1 Å². The van der Waals surface area contributed by atoms with Crippen LogP contribution in [0.1, 0.15) is 12.8 Å². The summed E-state index contributed by atoms with van der Waals surface area (Å²) in [5, 5.41) is 6.54. The molecule has 0 aliphatic rings. The summed E-state index contributed by atoms with van der Waals surface area (Å²) in [6.45, 7) is 0. The van der Waals surface area contributed by atoms with Gasteiger partial charge in [0.25, 0.3) is 5.78 Å². The van der Waals surface area contributed by atoms with E-state index in [0.717, 1.165) is 6.21 Å². The molecule has 0 amide bonds. The van der Waals surface area contributed by atoms with Crippen LogP contribution >= 0.6 is 0 Å². The van der Waals surface area contributed by atoms with E-state index in [0.29, 0.717) is 0 Å². The van der Waals surface area contributed by atoms with Crippen LogP contribution in [-0.2, 0) is 14.4 Å². The second kappa shape index (κ2) is 5.40. The number of hydrogen-bond donors (Lipinski definition) is 1. The minimum Gasteiger partial charge on any atom is -0.313 e. The van der Waals surface area contributed by atoms with Crippen LogP contribution in [0, 0.1) is 5.41 Å². The number of Topliss-reactive ketones (excluding diaryl/α,β-unsaturated/α-hetero) is 3. The first-order valence-corrected chi connectivity index (χ1v) is 3.42. The van der Waals surface area contributed by atoms with Gasteiger partial charge >= 0.3 is 0 Å². The number of hydrogen-bond acceptors (Lipinski definition) is 4. The normalized spacial score (nSPS) is 9.00. The molecule has 0 aliphatic heterocycles. The fraction of sp³-hybridized carbons (Fsp3) is 0.429. The second-order valence-electron chi connectivity index (χ2n) is 2.12. The van der Waals surface area contributed by atoms with Gasteiger partial charge in [-0.05, 0) is 0 Å². The summed E-state index contributed by atoms with van der Waals surface area (Å²) in [6, 6.07) is 0. The molecule has 0 heterocycles. The Morgan fingerprint density at radius 2 is 1.83 bits per heavy atom. The lowest BCUT2D eigenvalue weighted by Crippen LogP contribution is -2.23. The van der Waals surface area contributed by atoms with E-state index in [-0.39, 0.29) is 19.2 Å². The van der Waals surface area contributed by atoms with Crippen molar-refractivity contribution in [2.45, 2.75) is 19.2 Å². The molecule has 2 radical (unpaired) electrons. The highest BCUT2D eigenvalue weighted by molar-refractivity contribution is 6.64. The molecule has 0 saturated carbocycles. The molecule has 0 aromatic carbocycles. The van der Waals surface area contributed by atoms with Gasteiger partial charge in [-0.15, -0.1) is 0 Å². The van der Waals surface area contributed by atoms with Gasteiger partial charge in [0, 0.05) is 19.1 Å². The van der Waals surface area contributed by atoms with Gasteiger partial charge in [-0.3, -0.25) is 14.4 Å². The van der Waals surface area contributed by atoms with E-state index in [2.05, 4.69) is 0 Å². The Hall–Kier alpha value is -1.26. The average Bonchev–Trinajstić information content (AvgIpc) is 2.04. The third kappa shape index (κ3) is 3.23. The fourth-order valence-corrected chi connectivity index (χ4v) is 0.586. The summed E-state index contributed by atoms with van der Waals surface area (Å²) in [7, 11) is 5.01. The molecule has 5 heteroatoms. The molecule has 0 fully saturated rings. The zero-order chi connectivity index (χ0) is 9.56. The number of rotatable bonds is 6. The molecule has 0 aromatic heterocycles. The number of ketones is 3. The van der Waals surface area contributed by atoms with Gasteiger partial charge in [0.2, 0.25) is 11.6 Å². The molecule has 12 heavy (non-hydrogen) atoms. The van der Waals surface area contributed by atoms with Crippen molar-refractivity contribution in [1.29, 1.82) is 5.41 Å². The maximum Gasteiger partial charge on any atom is 0.264 e. The third-order valence-electron chi connectivity index (χ3n) is 1.17. The van der Waals surface area contributed by atoms with Gasteiger partial charge in [-0.2, -0.15) is 0 Å². The van der Waals surface area contributed by atoms with Crippen molar-refractivity contribution in [2.75, 3.05) is 0 Å². The molecule has 1 N–H and O–H groups in total. The molecule has 0 aliphatic carbocycles. The predicted octanol–water partition coefficient (Wildman–Crippen LogP) is -0.290. The van der Waals surface area contributed by atoms with E-state index in [1.54, 1.807) is 0 Å². The maximum atomic E-state index is 10.8. The van der Waals surface area contributed by atoms with Crippen LogP contribution in [0.4, 0.5) is 0 Å². The van der Waals surface area contributed by atoms with Gasteiger partial charge in [0.1, 0.15) is 0 Å². The molecule has 0 rings (SSSR count). The first kappa shape index (κ1) is 10.7. The Balaban J connectivity index is 4.09. The van der Waals surface area contributed by atoms with Crippen LogP contribution in [-0.4, -0.2) is 31.4 Å². The zero-order valence-corrected chi connectivity index (χ0v) is 6.50. The Morgan fingerprint density at radius 1 is 1.25 bits per heavy atom. The van der Waals surface area contributed by atoms with Crippen molar-refractivity contribution in [3.8, 4) is 0 Å². The quantitative estimate of drug-likeness (QED) is 0.254. The van der Waals surface area contributed by atoms with Gasteiger partial charge in [0.15, 0.2) is 0 Å². The van der Waals surface area contributed by atoms with Crippen molar-refractivity contribution < 1.29 is 14.4 Å². The van der Waals surface area contributed by atoms with Crippen LogP contribution in [0.15, 0.2) is 0 Å². The summed E-state index contributed by atoms with van der Waals surface area (Å²) in [5.74, 6) is -2.67. The van der Waals surface area contributed by atoms with Crippen molar-refractivity contribution in [2.24, 2.45) is 0 Å². The van der Waals surface area contributed by atoms with Crippen molar-refractivity contribution in [3.05, 3.63) is 0 Å². The van der Waals surface area contributed by atoms with Crippen molar-refractivity contribution in [1.82, 2.24) is 0 Å². The maximum absolute atomic E-state index is 10.8. The summed E-state index contributed by atoms with van der Waals surface area (Å²) < 4.78 is 0. The molecule has 0 saturated heterocycles. The number of carbonyl (C=O) groups is 3. The van der Waals surface area contributed by atoms with Gasteiger partial charge in [0.05, 0.1) is 7.85 Å². The third-order valence-corrected chi connectivity index (χ3v) is 1.17. The van der Waals surface area contributed by atoms with Crippen LogP contribution in [0.25, 0.3) is 0 Å². The summed E-state index contributed by atoms with van der Waals surface area (Å²) >= 11 is 0. The van der Waals surface area contributed by atoms with E-state index >= 15 is 0 Å². The molecule has 0 spiro atoms. The van der Waals surface area contributed by atoms with Gasteiger partial charge in [-0.1, -0.05) is 6.32 Å². The monoisotopic (exact) mass is 165 g/mol. The van der Waals surface area contributed by atoms with E-state index in [1.165, 1.54) is 0 Å². The lowest BCUT2D eigenvalue weighted by atomic mass is 9.97. The van der Waals surface area contributed by atoms with E-state index < -0.39 is 17.3 Å². The lowest BCUT2D eigenvalue weighted by molar-refractivity contribution is -0.143. The Morgan fingerprint density at radius 3 is 2.25 bits per heavy atom. The first-order valence-electron chi connectivity index (χ1n) is 3.42. The Bertz CT molecular complexity index is 225. The van der Waals surface area contributed by atoms with E-state index in [4.69, 9.17) is 13.3 Å². The SMILES string of the molecule is [B]CCC(=O)C(=O)C(=O)CC=N. The molecule has 62 valence electrons. The highest BCUT2D eigenvalue weighted by Crippen LogP contribution is 1.92. The van der Waals surface area contributed by atoms with Crippen LogP contribution in [0.3, 0.4) is 0 Å². The van der Waals surface area contributed by atoms with Crippen LogP contribution < -0.4 is 0 Å². The smallest absolute Gasteiger partial charge is 0.264 e. The molecule has 0 unspecified atom stereocenters. The minimum absolute atomic E-state index is 0.0580. The molecular formula is C7H8BNO3. The van der Waals surface area contributed by atoms with Crippen molar-refractivity contribution in [3.63, 3.8) is 0 Å². The molecular weight excluding hydrogens is 157 g/mol. The minimum atomic E-state index is -1.05. The van der Waals surface area contributed by atoms with Gasteiger partial charge in [-0.25, -0.2) is 0 Å². The summed E-state index contributed by atoms with van der Waals surface area (Å²) in [5.41, 5.74) is 0. The van der Waals surface area contributed by atoms with E-state index in [9.17, 15) is 14.4 Å². The molecule has 0 bridgehead atoms. The number of carbonyl (C=O) groups excluding carboxylic acids is 3. The highest BCUT2D eigenvalue weighted by Gasteiger charge is 2.19. The largest absolute Gasteiger partial charge is 0.313 e. The Kier molecular flexibility index (Phi) is 4.84. The van der Waals surface area contributed by atoms with Gasteiger partial charge < -0.3 is 5.41 Å². The predicted molar refractivity (Wildman–Crippen MR) is 43.6 cm³/mol. The highest BCUT2D eigenvalue weighted by atomic mass is 16.2.